The summed E-state index contributed by atoms with van der Waals surface area (Å²) in [6.07, 6.45) is 0.404. The highest BCUT2D eigenvalue weighted by atomic mass is 32.2. The molecule has 1 unspecified atom stereocenters. The van der Waals surface area contributed by atoms with Gasteiger partial charge in [0.2, 0.25) is 0 Å². The van der Waals surface area contributed by atoms with Gasteiger partial charge < -0.3 is 9.15 Å². The summed E-state index contributed by atoms with van der Waals surface area (Å²) in [5, 5.41) is 10.4. The van der Waals surface area contributed by atoms with E-state index in [1.165, 1.54) is 11.8 Å². The molecule has 1 atom stereocenters. The minimum Gasteiger partial charge on any atom is -0.464 e. The summed E-state index contributed by atoms with van der Waals surface area (Å²) in [6.45, 7) is 0.417. The van der Waals surface area contributed by atoms with Gasteiger partial charge in [-0.2, -0.15) is 0 Å². The fourth-order valence-electron chi connectivity index (χ4n) is 1.47. The van der Waals surface area contributed by atoms with Gasteiger partial charge in [0, 0.05) is 0 Å². The van der Waals surface area contributed by atoms with E-state index in [1.54, 1.807) is 11.3 Å². The van der Waals surface area contributed by atoms with E-state index < -0.39 is 0 Å². The molecule has 1 fully saturated rings. The molecule has 1 aliphatic rings. The summed E-state index contributed by atoms with van der Waals surface area (Å²) < 4.78 is 10.4. The van der Waals surface area contributed by atoms with Gasteiger partial charge in [-0.1, -0.05) is 17.8 Å². The van der Waals surface area contributed by atoms with Crippen LogP contribution >= 0.6 is 23.1 Å². The van der Waals surface area contributed by atoms with Crippen LogP contribution in [0, 0.1) is 0 Å². The smallest absolute Gasteiger partial charge is 0.307 e. The molecule has 0 spiro atoms. The summed E-state index contributed by atoms with van der Waals surface area (Å²) in [5.41, 5.74) is 0. The van der Waals surface area contributed by atoms with E-state index in [-0.39, 0.29) is 11.2 Å². The molecular weight excluding hydrogens is 260 g/mol. The normalized spacial score (nSPS) is 19.5. The third-order valence-electron chi connectivity index (χ3n) is 2.23. The van der Waals surface area contributed by atoms with E-state index in [0.717, 1.165) is 4.88 Å². The van der Waals surface area contributed by atoms with E-state index >= 15 is 0 Å². The molecule has 0 N–H and O–H groups in total. The molecule has 0 bridgehead atoms. The summed E-state index contributed by atoms with van der Waals surface area (Å²) in [6, 6.07) is 3.86. The molecule has 7 heteroatoms. The lowest BCUT2D eigenvalue weighted by atomic mass is 10.4. The first-order valence-corrected chi connectivity index (χ1v) is 6.77. The number of thiophene rings is 1. The molecule has 2 aromatic rings. The Kier molecular flexibility index (Phi) is 2.86. The van der Waals surface area contributed by atoms with Crippen molar-refractivity contribution in [3.8, 4) is 10.8 Å². The van der Waals surface area contributed by atoms with Crippen LogP contribution in [0.25, 0.3) is 10.8 Å². The second-order valence-electron chi connectivity index (χ2n) is 3.48. The molecule has 5 nitrogen and oxygen atoms in total. The molecule has 0 radical (unpaired) electrons. The lowest BCUT2D eigenvalue weighted by molar-refractivity contribution is -0.137. The topological polar surface area (TPSA) is 65.2 Å². The lowest BCUT2D eigenvalue weighted by Gasteiger charge is -1.98. The minimum atomic E-state index is -0.166. The third-order valence-corrected chi connectivity index (χ3v) is 4.09. The van der Waals surface area contributed by atoms with Crippen molar-refractivity contribution in [1.82, 2.24) is 10.2 Å². The van der Waals surface area contributed by atoms with Gasteiger partial charge in [0.15, 0.2) is 0 Å². The number of hydrogen-bond acceptors (Lipinski definition) is 7. The zero-order chi connectivity index (χ0) is 11.7. The molecule has 0 aromatic carbocycles. The van der Waals surface area contributed by atoms with Crippen LogP contribution in [0.15, 0.2) is 27.2 Å². The molecule has 3 heterocycles. The van der Waals surface area contributed by atoms with E-state index in [2.05, 4.69) is 10.2 Å². The van der Waals surface area contributed by atoms with Gasteiger partial charge in [-0.3, -0.25) is 4.79 Å². The highest BCUT2D eigenvalue weighted by molar-refractivity contribution is 7.99. The van der Waals surface area contributed by atoms with Crippen molar-refractivity contribution in [3.63, 3.8) is 0 Å². The van der Waals surface area contributed by atoms with Crippen molar-refractivity contribution in [1.29, 1.82) is 0 Å². The second-order valence-corrected chi connectivity index (χ2v) is 5.68. The molecule has 1 aliphatic heterocycles. The fourth-order valence-corrected chi connectivity index (χ4v) is 2.96. The van der Waals surface area contributed by atoms with Gasteiger partial charge in [0.25, 0.3) is 11.1 Å². The summed E-state index contributed by atoms with van der Waals surface area (Å²) in [4.78, 5) is 11.9. The van der Waals surface area contributed by atoms with E-state index in [1.807, 2.05) is 17.5 Å². The van der Waals surface area contributed by atoms with E-state index in [4.69, 9.17) is 9.15 Å². The van der Waals surface area contributed by atoms with Crippen molar-refractivity contribution in [2.75, 3.05) is 6.61 Å². The van der Waals surface area contributed by atoms with Crippen molar-refractivity contribution >= 4 is 29.1 Å². The Hall–Kier alpha value is -1.34. The van der Waals surface area contributed by atoms with Crippen LogP contribution in [-0.4, -0.2) is 28.0 Å². The highest BCUT2D eigenvalue weighted by Crippen LogP contribution is 2.31. The molecule has 1 saturated heterocycles. The van der Waals surface area contributed by atoms with Gasteiger partial charge in [-0.15, -0.1) is 21.5 Å². The Morgan fingerprint density at radius 1 is 1.47 bits per heavy atom. The van der Waals surface area contributed by atoms with E-state index in [0.29, 0.717) is 24.1 Å². The fraction of sp³-hybridized carbons (Fsp3) is 0.300. The second kappa shape index (κ2) is 4.50. The molecule has 0 aliphatic carbocycles. The molecule has 88 valence electrons. The van der Waals surface area contributed by atoms with Gasteiger partial charge in [-0.25, -0.2) is 0 Å². The first-order chi connectivity index (χ1) is 8.31. The Balaban J connectivity index is 1.71. The molecule has 0 amide bonds. The average molecular weight is 268 g/mol. The Bertz CT molecular complexity index is 523. The minimum absolute atomic E-state index is 0.0825. The number of aromatic nitrogens is 2. The Morgan fingerprint density at radius 2 is 2.41 bits per heavy atom. The quantitative estimate of drug-likeness (QED) is 0.795. The van der Waals surface area contributed by atoms with Crippen LogP contribution in [0.4, 0.5) is 0 Å². The molecule has 17 heavy (non-hydrogen) atoms. The standard InChI is InChI=1S/C10H8N2O3S2/c13-8-4-6(5-14-8)17-10-12-11-9(15-10)7-2-1-3-16-7/h1-3,6H,4-5H2. The zero-order valence-corrected chi connectivity index (χ0v) is 10.3. The maximum atomic E-state index is 10.9. The summed E-state index contributed by atoms with van der Waals surface area (Å²) in [7, 11) is 0. The van der Waals surface area contributed by atoms with Crippen LogP contribution in [0.5, 0.6) is 0 Å². The number of carbonyl (C=O) groups excluding carboxylic acids is 1. The number of ether oxygens (including phenoxy) is 1. The summed E-state index contributed by atoms with van der Waals surface area (Å²) >= 11 is 2.94. The maximum absolute atomic E-state index is 10.9. The van der Waals surface area contributed by atoms with Crippen LogP contribution < -0.4 is 0 Å². The van der Waals surface area contributed by atoms with Crippen LogP contribution in [0.1, 0.15) is 6.42 Å². The molecule has 2 aromatic heterocycles. The first-order valence-electron chi connectivity index (χ1n) is 5.01. The predicted octanol–water partition coefficient (Wildman–Crippen LogP) is 2.21. The lowest BCUT2D eigenvalue weighted by Crippen LogP contribution is -2.00. The SMILES string of the molecule is O=C1CC(Sc2nnc(-c3cccs3)o2)CO1. The van der Waals surface area contributed by atoms with Gasteiger partial charge >= 0.3 is 5.97 Å². The molecule has 3 rings (SSSR count). The number of cyclic esters (lactones) is 1. The van der Waals surface area contributed by atoms with Crippen LogP contribution in [0.2, 0.25) is 0 Å². The van der Waals surface area contributed by atoms with Crippen molar-refractivity contribution in [2.45, 2.75) is 16.9 Å². The largest absolute Gasteiger partial charge is 0.464 e. The number of rotatable bonds is 3. The van der Waals surface area contributed by atoms with Crippen molar-refractivity contribution < 1.29 is 13.9 Å². The number of thioether (sulfide) groups is 1. The maximum Gasteiger partial charge on any atom is 0.307 e. The zero-order valence-electron chi connectivity index (χ0n) is 8.66. The van der Waals surface area contributed by atoms with Gasteiger partial charge in [0.1, 0.15) is 6.61 Å². The Labute approximate surface area is 105 Å². The van der Waals surface area contributed by atoms with Crippen LogP contribution in [-0.2, 0) is 9.53 Å². The van der Waals surface area contributed by atoms with Gasteiger partial charge in [0.05, 0.1) is 16.5 Å². The van der Waals surface area contributed by atoms with Crippen LogP contribution in [0.3, 0.4) is 0 Å². The number of nitrogens with zero attached hydrogens (tertiary/aromatic N) is 2. The van der Waals surface area contributed by atoms with Gasteiger partial charge in [-0.05, 0) is 11.4 Å². The number of hydrogen-bond donors (Lipinski definition) is 0. The highest BCUT2D eigenvalue weighted by Gasteiger charge is 2.26. The Morgan fingerprint density at radius 3 is 3.12 bits per heavy atom. The molecule has 0 saturated carbocycles. The first kappa shape index (κ1) is 10.8. The summed E-state index contributed by atoms with van der Waals surface area (Å²) in [5.74, 6) is 0.355. The van der Waals surface area contributed by atoms with Crippen molar-refractivity contribution in [3.05, 3.63) is 17.5 Å². The number of esters is 1. The third kappa shape index (κ3) is 2.34. The molecular formula is C10H8N2O3S2. The monoisotopic (exact) mass is 268 g/mol. The van der Waals surface area contributed by atoms with Crippen molar-refractivity contribution in [2.24, 2.45) is 0 Å². The predicted molar refractivity (Wildman–Crippen MR) is 62.8 cm³/mol. The average Bonchev–Trinajstić information content (AvgIpc) is 3.00. The van der Waals surface area contributed by atoms with E-state index in [9.17, 15) is 4.79 Å². The number of carbonyl (C=O) groups is 1.